The van der Waals surface area contributed by atoms with E-state index in [2.05, 4.69) is 75.8 Å². The number of benzene rings is 1. The van der Waals surface area contributed by atoms with Gasteiger partial charge in [0.15, 0.2) is 0 Å². The second-order valence-corrected chi connectivity index (χ2v) is 11.5. The molecule has 1 nitrogen and oxygen atoms in total. The number of fused-ring (bicyclic) bond motifs is 3. The largest absolute Gasteiger partial charge is 0.351 e. The van der Waals surface area contributed by atoms with Gasteiger partial charge in [-0.15, -0.1) is 0 Å². The van der Waals surface area contributed by atoms with E-state index in [0.29, 0.717) is 0 Å². The predicted octanol–water partition coefficient (Wildman–Crippen LogP) is 3.39. The standard InChI is InChI=1S/C17H23NSi/c1-12(2)19(13(3)4)15-9-7-6-8-14(15)17-16(19)10-11-18(17)5/h6-13H,1-5H3. The maximum absolute atomic E-state index is 2.42. The van der Waals surface area contributed by atoms with Gasteiger partial charge in [0, 0.05) is 18.9 Å². The molecule has 0 saturated heterocycles. The van der Waals surface area contributed by atoms with Crippen molar-refractivity contribution < 1.29 is 0 Å². The Morgan fingerprint density at radius 1 is 0.895 bits per heavy atom. The number of nitrogens with zero attached hydrogens (tertiary/aromatic N) is 1. The molecule has 2 aromatic rings. The fraction of sp³-hybridized carbons (Fsp3) is 0.412. The van der Waals surface area contributed by atoms with Crippen molar-refractivity contribution in [1.82, 2.24) is 4.57 Å². The van der Waals surface area contributed by atoms with Gasteiger partial charge in [-0.3, -0.25) is 0 Å². The minimum absolute atomic E-state index is 0.734. The van der Waals surface area contributed by atoms with E-state index in [0.717, 1.165) is 11.1 Å². The van der Waals surface area contributed by atoms with E-state index in [9.17, 15) is 0 Å². The van der Waals surface area contributed by atoms with E-state index in [1.807, 2.05) is 0 Å². The number of hydrogen-bond acceptors (Lipinski definition) is 0. The maximum Gasteiger partial charge on any atom is 0.126 e. The molecule has 0 spiro atoms. The third kappa shape index (κ3) is 1.41. The topological polar surface area (TPSA) is 4.93 Å². The van der Waals surface area contributed by atoms with Crippen LogP contribution in [0.3, 0.4) is 0 Å². The highest BCUT2D eigenvalue weighted by Gasteiger charge is 2.50. The summed E-state index contributed by atoms with van der Waals surface area (Å²) < 4.78 is 2.31. The summed E-state index contributed by atoms with van der Waals surface area (Å²) in [6.45, 7) is 9.69. The number of hydrogen-bond donors (Lipinski definition) is 0. The summed E-state index contributed by atoms with van der Waals surface area (Å²) in [5, 5.41) is 3.31. The Kier molecular flexibility index (Phi) is 2.75. The van der Waals surface area contributed by atoms with Crippen LogP contribution in [-0.2, 0) is 7.05 Å². The molecular formula is C17H23NSi. The molecule has 0 N–H and O–H groups in total. The molecule has 0 bridgehead atoms. The summed E-state index contributed by atoms with van der Waals surface area (Å²) in [4.78, 5) is 0. The lowest BCUT2D eigenvalue weighted by Gasteiger charge is -2.37. The Bertz CT molecular complexity index is 614. The third-order valence-electron chi connectivity index (χ3n) is 4.97. The summed E-state index contributed by atoms with van der Waals surface area (Å²) in [6.07, 6.45) is 2.24. The molecule has 0 fully saturated rings. The Morgan fingerprint density at radius 3 is 2.16 bits per heavy atom. The van der Waals surface area contributed by atoms with Gasteiger partial charge in [0.25, 0.3) is 0 Å². The molecule has 0 atom stereocenters. The van der Waals surface area contributed by atoms with Crippen LogP contribution in [0.2, 0.25) is 11.1 Å². The fourth-order valence-electron chi connectivity index (χ4n) is 4.30. The van der Waals surface area contributed by atoms with Crippen molar-refractivity contribution in [2.75, 3.05) is 0 Å². The minimum Gasteiger partial charge on any atom is -0.351 e. The van der Waals surface area contributed by atoms with E-state index < -0.39 is 8.07 Å². The zero-order chi connectivity index (χ0) is 13.8. The molecule has 0 aliphatic carbocycles. The monoisotopic (exact) mass is 269 g/mol. The summed E-state index contributed by atoms with van der Waals surface area (Å²) >= 11 is 0. The molecule has 1 aromatic heterocycles. The van der Waals surface area contributed by atoms with E-state index >= 15 is 0 Å². The summed E-state index contributed by atoms with van der Waals surface area (Å²) in [5.41, 5.74) is 4.43. The smallest absolute Gasteiger partial charge is 0.126 e. The van der Waals surface area contributed by atoms with Crippen molar-refractivity contribution >= 4 is 18.4 Å². The van der Waals surface area contributed by atoms with E-state index in [1.54, 1.807) is 10.4 Å². The van der Waals surface area contributed by atoms with Crippen molar-refractivity contribution in [2.24, 2.45) is 7.05 Å². The number of aromatic nitrogens is 1. The molecule has 1 aromatic carbocycles. The van der Waals surface area contributed by atoms with Crippen molar-refractivity contribution in [3.8, 4) is 11.3 Å². The first-order valence-corrected chi connectivity index (χ1v) is 9.42. The molecule has 0 unspecified atom stereocenters. The predicted molar refractivity (Wildman–Crippen MR) is 86.1 cm³/mol. The highest BCUT2D eigenvalue weighted by Crippen LogP contribution is 2.40. The van der Waals surface area contributed by atoms with Crippen LogP contribution in [0.15, 0.2) is 36.5 Å². The van der Waals surface area contributed by atoms with Gasteiger partial charge in [-0.2, -0.15) is 0 Å². The molecule has 1 aliphatic rings. The molecule has 100 valence electrons. The van der Waals surface area contributed by atoms with Gasteiger partial charge in [-0.25, -0.2) is 0 Å². The molecule has 0 amide bonds. The Morgan fingerprint density at radius 2 is 1.53 bits per heavy atom. The molecule has 1 aliphatic heterocycles. The Hall–Kier alpha value is -1.28. The molecule has 2 heterocycles. The van der Waals surface area contributed by atoms with Crippen molar-refractivity contribution in [2.45, 2.75) is 38.8 Å². The van der Waals surface area contributed by atoms with Crippen LogP contribution in [0.25, 0.3) is 11.3 Å². The summed E-state index contributed by atoms with van der Waals surface area (Å²) in [5.74, 6) is 0. The molecular weight excluding hydrogens is 246 g/mol. The van der Waals surface area contributed by atoms with Gasteiger partial charge in [0.1, 0.15) is 8.07 Å². The lowest BCUT2D eigenvalue weighted by atomic mass is 10.1. The first-order valence-electron chi connectivity index (χ1n) is 7.27. The molecule has 0 saturated carbocycles. The molecule has 19 heavy (non-hydrogen) atoms. The second-order valence-electron chi connectivity index (χ2n) is 6.41. The quantitative estimate of drug-likeness (QED) is 0.737. The SMILES string of the molecule is CC(C)[Si]1(C(C)C)c2ccccc2-c2c1ccn2C. The minimum atomic E-state index is -1.63. The lowest BCUT2D eigenvalue weighted by Crippen LogP contribution is -2.59. The fourth-order valence-corrected chi connectivity index (χ4v) is 10.5. The van der Waals surface area contributed by atoms with Crippen molar-refractivity contribution in [3.05, 3.63) is 36.5 Å². The zero-order valence-corrected chi connectivity index (χ0v) is 13.6. The van der Waals surface area contributed by atoms with Crippen LogP contribution >= 0.6 is 0 Å². The highest BCUT2D eigenvalue weighted by molar-refractivity contribution is 7.07. The van der Waals surface area contributed by atoms with E-state index in [1.165, 1.54) is 11.3 Å². The second kappa shape index (κ2) is 4.10. The van der Waals surface area contributed by atoms with Crippen molar-refractivity contribution in [3.63, 3.8) is 0 Å². The Balaban J connectivity index is 2.43. The maximum atomic E-state index is 2.42. The average Bonchev–Trinajstić information content (AvgIpc) is 2.86. The molecule has 3 rings (SSSR count). The first kappa shape index (κ1) is 12.7. The number of rotatable bonds is 2. The number of aryl methyl sites for hydroxylation is 1. The Labute approximate surface area is 117 Å². The van der Waals surface area contributed by atoms with E-state index in [-0.39, 0.29) is 0 Å². The van der Waals surface area contributed by atoms with Crippen LogP contribution < -0.4 is 10.4 Å². The zero-order valence-electron chi connectivity index (χ0n) is 12.6. The lowest BCUT2D eigenvalue weighted by molar-refractivity contribution is 0.929. The van der Waals surface area contributed by atoms with Crippen molar-refractivity contribution in [1.29, 1.82) is 0 Å². The van der Waals surface area contributed by atoms with Crippen LogP contribution in [0.4, 0.5) is 0 Å². The van der Waals surface area contributed by atoms with Gasteiger partial charge in [-0.05, 0) is 33.1 Å². The van der Waals surface area contributed by atoms with Gasteiger partial charge >= 0.3 is 0 Å². The van der Waals surface area contributed by atoms with E-state index in [4.69, 9.17) is 0 Å². The third-order valence-corrected chi connectivity index (χ3v) is 11.2. The van der Waals surface area contributed by atoms with Gasteiger partial charge in [0.05, 0.1) is 0 Å². The van der Waals surface area contributed by atoms with Crippen LogP contribution in [0, 0.1) is 0 Å². The van der Waals surface area contributed by atoms with Gasteiger partial charge in [-0.1, -0.05) is 52.0 Å². The van der Waals surface area contributed by atoms with Gasteiger partial charge in [0.2, 0.25) is 0 Å². The summed E-state index contributed by atoms with van der Waals surface area (Å²) in [7, 11) is 0.553. The molecule has 0 radical (unpaired) electrons. The first-order chi connectivity index (χ1) is 9.01. The van der Waals surface area contributed by atoms with Crippen LogP contribution in [0.1, 0.15) is 27.7 Å². The summed E-state index contributed by atoms with van der Waals surface area (Å²) in [6, 6.07) is 11.5. The van der Waals surface area contributed by atoms with Gasteiger partial charge < -0.3 is 4.57 Å². The average molecular weight is 269 g/mol. The van der Waals surface area contributed by atoms with Crippen LogP contribution in [0.5, 0.6) is 0 Å². The highest BCUT2D eigenvalue weighted by atomic mass is 28.3. The van der Waals surface area contributed by atoms with Crippen LogP contribution in [-0.4, -0.2) is 12.6 Å². The normalized spacial score (nSPS) is 15.9. The molecule has 2 heteroatoms.